The number of nitrogens with zero attached hydrogens (tertiary/aromatic N) is 4. The summed E-state index contributed by atoms with van der Waals surface area (Å²) in [4.78, 5) is 25.9. The van der Waals surface area contributed by atoms with Gasteiger partial charge in [0.2, 0.25) is 11.9 Å². The van der Waals surface area contributed by atoms with Gasteiger partial charge >= 0.3 is 0 Å². The van der Waals surface area contributed by atoms with Crippen LogP contribution in [0, 0.1) is 6.92 Å². The van der Waals surface area contributed by atoms with Crippen LogP contribution >= 0.6 is 0 Å². The van der Waals surface area contributed by atoms with Crippen LogP contribution in [0.2, 0.25) is 0 Å². The smallest absolute Gasteiger partial charge is 0.227 e. The lowest BCUT2D eigenvalue weighted by Crippen LogP contribution is -2.27. The molecule has 7 heteroatoms. The highest BCUT2D eigenvalue weighted by Gasteiger charge is 2.17. The van der Waals surface area contributed by atoms with Gasteiger partial charge < -0.3 is 16.0 Å². The predicted octanol–water partition coefficient (Wildman–Crippen LogP) is 1.07. The number of hydrogen-bond acceptors (Lipinski definition) is 6. The minimum atomic E-state index is 0.0529. The van der Waals surface area contributed by atoms with Crippen molar-refractivity contribution in [3.8, 4) is 0 Å². The van der Waals surface area contributed by atoms with Crippen molar-refractivity contribution in [1.82, 2.24) is 19.9 Å². The van der Waals surface area contributed by atoms with E-state index in [0.717, 1.165) is 22.2 Å². The van der Waals surface area contributed by atoms with Crippen LogP contribution in [0.15, 0.2) is 24.2 Å². The maximum absolute atomic E-state index is 11.3. The van der Waals surface area contributed by atoms with Crippen molar-refractivity contribution in [2.75, 3.05) is 24.1 Å². The van der Waals surface area contributed by atoms with Crippen LogP contribution in [0.1, 0.15) is 12.5 Å². The molecule has 0 unspecified atom stereocenters. The zero-order valence-corrected chi connectivity index (χ0v) is 11.9. The Morgan fingerprint density at radius 2 is 2.19 bits per heavy atom. The zero-order chi connectivity index (χ0) is 15.0. The van der Waals surface area contributed by atoms with Crippen LogP contribution in [-0.4, -0.2) is 38.8 Å². The summed E-state index contributed by atoms with van der Waals surface area (Å²) in [5, 5.41) is 3.89. The molecule has 0 fully saturated rings. The van der Waals surface area contributed by atoms with E-state index in [4.69, 9.17) is 5.73 Å². The molecule has 21 heavy (non-hydrogen) atoms. The normalized spacial score (nSPS) is 14.4. The highest BCUT2D eigenvalue weighted by molar-refractivity contribution is 5.90. The molecule has 0 saturated heterocycles. The topological polar surface area (TPSA) is 97.0 Å². The Morgan fingerprint density at radius 3 is 2.90 bits per heavy atom. The summed E-state index contributed by atoms with van der Waals surface area (Å²) in [6, 6.07) is 0. The first-order chi connectivity index (χ1) is 10.0. The quantitative estimate of drug-likeness (QED) is 0.856. The Bertz CT molecular complexity index is 754. The van der Waals surface area contributed by atoms with E-state index in [0.29, 0.717) is 24.9 Å². The summed E-state index contributed by atoms with van der Waals surface area (Å²) in [5.41, 5.74) is 8.46. The number of aromatic nitrogens is 3. The van der Waals surface area contributed by atoms with Gasteiger partial charge in [-0.15, -0.1) is 0 Å². The molecule has 0 aliphatic carbocycles. The lowest BCUT2D eigenvalue weighted by atomic mass is 10.2. The highest BCUT2D eigenvalue weighted by atomic mass is 16.2. The van der Waals surface area contributed by atoms with E-state index in [1.165, 1.54) is 0 Å². The van der Waals surface area contributed by atoms with Crippen molar-refractivity contribution in [2.24, 2.45) is 0 Å². The van der Waals surface area contributed by atoms with E-state index in [9.17, 15) is 4.79 Å². The average Bonchev–Trinajstić information content (AvgIpc) is 2.92. The minimum absolute atomic E-state index is 0.0529. The summed E-state index contributed by atoms with van der Waals surface area (Å²) in [7, 11) is 0. The SMILES string of the molecule is CC(=O)N1CC=C(Nc2ncc3c(N)ncc(C)c3n2)C1. The van der Waals surface area contributed by atoms with Crippen LogP contribution in [0.25, 0.3) is 10.9 Å². The molecule has 108 valence electrons. The fourth-order valence-electron chi connectivity index (χ4n) is 2.26. The van der Waals surface area contributed by atoms with Gasteiger partial charge in [-0.2, -0.15) is 0 Å². The molecule has 1 aliphatic heterocycles. The number of aryl methyl sites for hydroxylation is 1. The second-order valence-corrected chi connectivity index (χ2v) is 5.04. The molecular weight excluding hydrogens is 268 g/mol. The lowest BCUT2D eigenvalue weighted by Gasteiger charge is -2.14. The maximum Gasteiger partial charge on any atom is 0.227 e. The van der Waals surface area contributed by atoms with E-state index in [2.05, 4.69) is 20.3 Å². The largest absolute Gasteiger partial charge is 0.383 e. The summed E-state index contributed by atoms with van der Waals surface area (Å²) in [6.07, 6.45) is 5.32. The van der Waals surface area contributed by atoms with Gasteiger partial charge in [0.05, 0.1) is 17.4 Å². The van der Waals surface area contributed by atoms with Crippen molar-refractivity contribution >= 4 is 28.6 Å². The second kappa shape index (κ2) is 5.01. The number of nitrogens with two attached hydrogens (primary N) is 1. The molecule has 0 bridgehead atoms. The Kier molecular flexibility index (Phi) is 3.17. The van der Waals surface area contributed by atoms with Crippen LogP contribution in [0.4, 0.5) is 11.8 Å². The molecule has 0 spiro atoms. The Balaban J connectivity index is 1.86. The van der Waals surface area contributed by atoms with Gasteiger partial charge in [-0.3, -0.25) is 4.79 Å². The summed E-state index contributed by atoms with van der Waals surface area (Å²) < 4.78 is 0. The van der Waals surface area contributed by atoms with Crippen LogP contribution in [-0.2, 0) is 4.79 Å². The van der Waals surface area contributed by atoms with Gasteiger partial charge in [0.15, 0.2) is 0 Å². The summed E-state index contributed by atoms with van der Waals surface area (Å²) in [6.45, 7) is 4.65. The molecular formula is C14H16N6O. The second-order valence-electron chi connectivity index (χ2n) is 5.04. The van der Waals surface area contributed by atoms with Crippen molar-refractivity contribution < 1.29 is 4.79 Å². The van der Waals surface area contributed by atoms with E-state index in [1.807, 2.05) is 13.0 Å². The first kappa shape index (κ1) is 13.3. The third-order valence-electron chi connectivity index (χ3n) is 3.47. The number of pyridine rings is 1. The molecule has 7 nitrogen and oxygen atoms in total. The van der Waals surface area contributed by atoms with Gasteiger partial charge in [0.1, 0.15) is 5.82 Å². The zero-order valence-electron chi connectivity index (χ0n) is 11.9. The number of nitrogens with one attached hydrogen (secondary N) is 1. The molecule has 1 amide bonds. The molecule has 1 aliphatic rings. The van der Waals surface area contributed by atoms with Gasteiger partial charge in [-0.25, -0.2) is 15.0 Å². The van der Waals surface area contributed by atoms with Crippen molar-refractivity contribution in [2.45, 2.75) is 13.8 Å². The lowest BCUT2D eigenvalue weighted by molar-refractivity contribution is -0.127. The summed E-state index contributed by atoms with van der Waals surface area (Å²) in [5.74, 6) is 0.968. The number of hydrogen-bond donors (Lipinski definition) is 2. The Morgan fingerprint density at radius 1 is 1.38 bits per heavy atom. The Hall–Kier alpha value is -2.70. The van der Waals surface area contributed by atoms with Crippen molar-refractivity contribution in [3.05, 3.63) is 29.7 Å². The third kappa shape index (κ3) is 2.49. The number of carbonyl (C=O) groups excluding carboxylic acids is 1. The first-order valence-electron chi connectivity index (χ1n) is 6.64. The molecule has 0 saturated carbocycles. The third-order valence-corrected chi connectivity index (χ3v) is 3.47. The fourth-order valence-corrected chi connectivity index (χ4v) is 2.26. The Labute approximate surface area is 121 Å². The average molecular weight is 284 g/mol. The number of anilines is 2. The minimum Gasteiger partial charge on any atom is -0.383 e. The molecule has 3 rings (SSSR count). The number of amides is 1. The van der Waals surface area contributed by atoms with E-state index in [1.54, 1.807) is 24.2 Å². The highest BCUT2D eigenvalue weighted by Crippen LogP contribution is 2.21. The molecule has 3 heterocycles. The van der Waals surface area contributed by atoms with Gasteiger partial charge in [-0.1, -0.05) is 0 Å². The number of fused-ring (bicyclic) bond motifs is 1. The maximum atomic E-state index is 11.3. The van der Waals surface area contributed by atoms with E-state index < -0.39 is 0 Å². The molecule has 3 N–H and O–H groups in total. The van der Waals surface area contributed by atoms with Crippen LogP contribution < -0.4 is 11.1 Å². The number of carbonyl (C=O) groups is 1. The first-order valence-corrected chi connectivity index (χ1v) is 6.64. The standard InChI is InChI=1S/C14H16N6O/c1-8-5-16-13(15)11-6-17-14(19-12(8)11)18-10-3-4-20(7-10)9(2)21/h3,5-6H,4,7H2,1-2H3,(H2,15,16)(H,17,18,19). The van der Waals surface area contributed by atoms with Crippen molar-refractivity contribution in [3.63, 3.8) is 0 Å². The predicted molar refractivity (Wildman–Crippen MR) is 80.4 cm³/mol. The number of rotatable bonds is 2. The molecule has 0 aromatic carbocycles. The van der Waals surface area contributed by atoms with Crippen LogP contribution in [0.3, 0.4) is 0 Å². The molecule has 2 aromatic heterocycles. The van der Waals surface area contributed by atoms with Crippen LogP contribution in [0.5, 0.6) is 0 Å². The van der Waals surface area contributed by atoms with Gasteiger partial charge in [-0.05, 0) is 18.6 Å². The van der Waals surface area contributed by atoms with Crippen molar-refractivity contribution in [1.29, 1.82) is 0 Å². The molecule has 2 aromatic rings. The van der Waals surface area contributed by atoms with E-state index >= 15 is 0 Å². The summed E-state index contributed by atoms with van der Waals surface area (Å²) >= 11 is 0. The van der Waals surface area contributed by atoms with Gasteiger partial charge in [0.25, 0.3) is 0 Å². The van der Waals surface area contributed by atoms with Gasteiger partial charge in [0, 0.05) is 31.6 Å². The van der Waals surface area contributed by atoms with E-state index in [-0.39, 0.29) is 5.91 Å². The number of nitrogen functional groups attached to an aromatic ring is 1. The monoisotopic (exact) mass is 284 g/mol. The molecule has 0 radical (unpaired) electrons. The fraction of sp³-hybridized carbons (Fsp3) is 0.286. The molecule has 0 atom stereocenters.